The van der Waals surface area contributed by atoms with Gasteiger partial charge in [0.2, 0.25) is 10.0 Å². The van der Waals surface area contributed by atoms with E-state index in [1.165, 1.54) is 5.69 Å². The van der Waals surface area contributed by atoms with Crippen molar-refractivity contribution in [3.8, 4) is 5.75 Å². The van der Waals surface area contributed by atoms with Crippen LogP contribution in [0.25, 0.3) is 10.9 Å². The van der Waals surface area contributed by atoms with Crippen LogP contribution in [0.5, 0.6) is 5.75 Å². The molecule has 0 saturated carbocycles. The van der Waals surface area contributed by atoms with Gasteiger partial charge in [-0.25, -0.2) is 8.42 Å². The second-order valence-electron chi connectivity index (χ2n) is 7.18. The van der Waals surface area contributed by atoms with E-state index < -0.39 is 10.0 Å². The fourth-order valence-corrected chi connectivity index (χ4v) is 5.81. The number of benzene rings is 2. The van der Waals surface area contributed by atoms with Crippen molar-refractivity contribution in [2.24, 2.45) is 7.05 Å². The molecule has 27 heavy (non-hydrogen) atoms. The Morgan fingerprint density at radius 1 is 1.07 bits per heavy atom. The molecule has 0 N–H and O–H groups in total. The fraction of sp³-hybridized carbons (Fsp3) is 0.333. The molecule has 4 rings (SSSR count). The van der Waals surface area contributed by atoms with Crippen LogP contribution in [-0.4, -0.2) is 30.9 Å². The van der Waals surface area contributed by atoms with Gasteiger partial charge in [-0.2, -0.15) is 4.31 Å². The highest BCUT2D eigenvalue weighted by Crippen LogP contribution is 2.34. The average molecular weight is 385 g/mol. The second-order valence-corrected chi connectivity index (χ2v) is 9.08. The molecule has 0 radical (unpaired) electrons. The third-order valence-electron chi connectivity index (χ3n) is 5.59. The minimum atomic E-state index is -3.57. The van der Waals surface area contributed by atoms with Crippen LogP contribution >= 0.6 is 0 Å². The van der Waals surface area contributed by atoms with Gasteiger partial charge in [-0.05, 0) is 48.7 Å². The normalized spacial score (nSPS) is 15.1. The van der Waals surface area contributed by atoms with Gasteiger partial charge < -0.3 is 9.30 Å². The number of para-hydroxylation sites is 1. The number of hydrogen-bond acceptors (Lipinski definition) is 3. The van der Waals surface area contributed by atoms with Gasteiger partial charge in [0, 0.05) is 43.2 Å². The number of methoxy groups -OCH3 is 1. The van der Waals surface area contributed by atoms with Crippen molar-refractivity contribution in [2.75, 3.05) is 13.7 Å². The summed E-state index contributed by atoms with van der Waals surface area (Å²) in [4.78, 5) is 0.365. The highest BCUT2D eigenvalue weighted by atomic mass is 32.2. The molecule has 0 amide bonds. The molecule has 142 valence electrons. The first-order valence-electron chi connectivity index (χ1n) is 9.05. The van der Waals surface area contributed by atoms with Gasteiger partial charge in [0.05, 0.1) is 12.0 Å². The largest absolute Gasteiger partial charge is 0.496 e. The van der Waals surface area contributed by atoms with E-state index in [1.807, 2.05) is 26.0 Å². The minimum absolute atomic E-state index is 0.365. The smallest absolute Gasteiger partial charge is 0.243 e. The van der Waals surface area contributed by atoms with Crippen molar-refractivity contribution in [1.29, 1.82) is 0 Å². The van der Waals surface area contributed by atoms with E-state index in [1.54, 1.807) is 23.5 Å². The summed E-state index contributed by atoms with van der Waals surface area (Å²) in [6, 6.07) is 11.7. The van der Waals surface area contributed by atoms with E-state index in [-0.39, 0.29) is 0 Å². The fourth-order valence-electron chi connectivity index (χ4n) is 4.11. The van der Waals surface area contributed by atoms with Gasteiger partial charge in [-0.3, -0.25) is 0 Å². The summed E-state index contributed by atoms with van der Waals surface area (Å²) < 4.78 is 35.9. The molecule has 5 nitrogen and oxygen atoms in total. The van der Waals surface area contributed by atoms with Gasteiger partial charge in [-0.15, -0.1) is 0 Å². The van der Waals surface area contributed by atoms with Gasteiger partial charge in [0.25, 0.3) is 0 Å². The topological polar surface area (TPSA) is 51.5 Å². The summed E-state index contributed by atoms with van der Waals surface area (Å²) in [5.41, 5.74) is 5.03. The molecule has 0 unspecified atom stereocenters. The van der Waals surface area contributed by atoms with E-state index in [2.05, 4.69) is 23.7 Å². The highest BCUT2D eigenvalue weighted by molar-refractivity contribution is 7.89. The highest BCUT2D eigenvalue weighted by Gasteiger charge is 2.32. The van der Waals surface area contributed by atoms with Gasteiger partial charge in [0.15, 0.2) is 0 Å². The minimum Gasteiger partial charge on any atom is -0.496 e. The van der Waals surface area contributed by atoms with E-state index >= 15 is 0 Å². The van der Waals surface area contributed by atoms with Crippen molar-refractivity contribution >= 4 is 20.9 Å². The first kappa shape index (κ1) is 18.1. The van der Waals surface area contributed by atoms with E-state index in [0.29, 0.717) is 35.7 Å². The lowest BCUT2D eigenvalue weighted by atomic mass is 10.1. The summed E-state index contributed by atoms with van der Waals surface area (Å²) >= 11 is 0. The van der Waals surface area contributed by atoms with Crippen LogP contribution in [0.4, 0.5) is 0 Å². The molecule has 6 heteroatoms. The average Bonchev–Trinajstić information content (AvgIpc) is 2.95. The van der Waals surface area contributed by atoms with Crippen molar-refractivity contribution in [1.82, 2.24) is 8.87 Å². The molecule has 0 saturated heterocycles. The molecule has 0 atom stereocenters. The van der Waals surface area contributed by atoms with Gasteiger partial charge >= 0.3 is 0 Å². The summed E-state index contributed by atoms with van der Waals surface area (Å²) in [7, 11) is 0.0839. The first-order valence-corrected chi connectivity index (χ1v) is 10.5. The van der Waals surface area contributed by atoms with Crippen LogP contribution in [0.15, 0.2) is 41.3 Å². The Balaban J connectivity index is 1.78. The van der Waals surface area contributed by atoms with Crippen LogP contribution in [-0.2, 0) is 30.0 Å². The Morgan fingerprint density at radius 3 is 2.56 bits per heavy atom. The molecule has 0 aliphatic carbocycles. The number of hydrogen-bond donors (Lipinski definition) is 0. The van der Waals surface area contributed by atoms with E-state index in [4.69, 9.17) is 4.74 Å². The molecule has 3 aromatic rings. The third kappa shape index (κ3) is 2.75. The van der Waals surface area contributed by atoms with Crippen LogP contribution in [0.1, 0.15) is 22.4 Å². The number of sulfonamides is 1. The molecule has 0 spiro atoms. The summed E-state index contributed by atoms with van der Waals surface area (Å²) in [5, 5.41) is 1.14. The first-order chi connectivity index (χ1) is 12.8. The Morgan fingerprint density at radius 2 is 1.81 bits per heavy atom. The predicted molar refractivity (Wildman–Crippen MR) is 107 cm³/mol. The monoisotopic (exact) mass is 384 g/mol. The van der Waals surface area contributed by atoms with Crippen molar-refractivity contribution in [3.63, 3.8) is 0 Å². The zero-order valence-corrected chi connectivity index (χ0v) is 16.9. The molecule has 1 aromatic heterocycles. The van der Waals surface area contributed by atoms with Gasteiger partial charge in [-0.1, -0.05) is 18.2 Å². The Kier molecular flexibility index (Phi) is 4.28. The molecule has 0 fully saturated rings. The summed E-state index contributed by atoms with van der Waals surface area (Å²) in [6.07, 6.45) is 0.716. The number of fused-ring (bicyclic) bond motifs is 3. The maximum absolute atomic E-state index is 13.4. The maximum atomic E-state index is 13.4. The lowest BCUT2D eigenvalue weighted by Crippen LogP contribution is -2.36. The van der Waals surface area contributed by atoms with E-state index in [0.717, 1.165) is 22.0 Å². The van der Waals surface area contributed by atoms with Crippen molar-refractivity contribution in [3.05, 3.63) is 58.8 Å². The lowest BCUT2D eigenvalue weighted by Gasteiger charge is -2.28. The van der Waals surface area contributed by atoms with Crippen LogP contribution in [0.2, 0.25) is 0 Å². The Hall–Kier alpha value is -2.31. The van der Waals surface area contributed by atoms with Crippen LogP contribution in [0, 0.1) is 13.8 Å². The molecule has 2 aromatic carbocycles. The summed E-state index contributed by atoms with van der Waals surface area (Å²) in [6.45, 7) is 4.59. The second kappa shape index (κ2) is 6.39. The Bertz CT molecular complexity index is 1150. The zero-order valence-electron chi connectivity index (χ0n) is 16.1. The maximum Gasteiger partial charge on any atom is 0.243 e. The van der Waals surface area contributed by atoms with Crippen LogP contribution in [0.3, 0.4) is 0 Å². The van der Waals surface area contributed by atoms with Crippen LogP contribution < -0.4 is 4.74 Å². The zero-order chi connectivity index (χ0) is 19.3. The quantitative estimate of drug-likeness (QED) is 0.694. The molecular weight excluding hydrogens is 360 g/mol. The third-order valence-corrected chi connectivity index (χ3v) is 7.57. The number of ether oxygens (including phenoxy) is 1. The SMILES string of the molecule is COc1cc(C)c(S(=O)(=O)N2CCc3c(c4ccccc4n3C)C2)cc1C. The standard InChI is InChI=1S/C21H24N2O3S/c1-14-12-21(15(2)11-20(14)26-4)27(24,25)23-10-9-19-17(13-23)16-7-5-6-8-18(16)22(19)3/h5-8,11-12H,9-10,13H2,1-4H3. The molecular formula is C21H24N2O3S. The number of aromatic nitrogens is 1. The van der Waals surface area contributed by atoms with Crippen molar-refractivity contribution < 1.29 is 13.2 Å². The Labute approximate surface area is 160 Å². The predicted octanol–water partition coefficient (Wildman–Crippen LogP) is 3.55. The van der Waals surface area contributed by atoms with Crippen molar-refractivity contribution in [2.45, 2.75) is 31.7 Å². The summed E-state index contributed by atoms with van der Waals surface area (Å²) in [5.74, 6) is 0.710. The van der Waals surface area contributed by atoms with Gasteiger partial charge in [0.1, 0.15) is 5.75 Å². The number of rotatable bonds is 3. The van der Waals surface area contributed by atoms with E-state index in [9.17, 15) is 8.42 Å². The number of aryl methyl sites for hydroxylation is 3. The molecule has 0 bridgehead atoms. The lowest BCUT2D eigenvalue weighted by molar-refractivity contribution is 0.387. The molecule has 1 aliphatic heterocycles. The molecule has 1 aliphatic rings. The number of nitrogens with zero attached hydrogens (tertiary/aromatic N) is 2. The molecule has 2 heterocycles.